The zero-order valence-electron chi connectivity index (χ0n) is 16.5. The standard InChI is InChI=1S/C20H24N4O5/c1-3-4-7-12-26-17-10-11-21-20(22-17)29-16-9-6-5-8-15(16)18(23-25-2)19-24-28-14-13-27-19/h5-6,8-11H,3-4,7,12-14H2,1-2H3. The minimum atomic E-state index is 0.157. The quantitative estimate of drug-likeness (QED) is 0.342. The minimum absolute atomic E-state index is 0.157. The smallest absolute Gasteiger partial charge is 0.325 e. The number of benzene rings is 1. The van der Waals surface area contributed by atoms with Gasteiger partial charge in [-0.1, -0.05) is 37.1 Å². The van der Waals surface area contributed by atoms with Crippen molar-refractivity contribution in [2.75, 3.05) is 26.9 Å². The molecule has 1 aliphatic rings. The molecule has 0 unspecified atom stereocenters. The highest BCUT2D eigenvalue weighted by Crippen LogP contribution is 2.25. The molecule has 9 nitrogen and oxygen atoms in total. The molecule has 0 radical (unpaired) electrons. The third kappa shape index (κ3) is 5.81. The average molecular weight is 400 g/mol. The Morgan fingerprint density at radius 2 is 2.07 bits per heavy atom. The molecular formula is C20H24N4O5. The van der Waals surface area contributed by atoms with Crippen molar-refractivity contribution in [1.82, 2.24) is 9.97 Å². The van der Waals surface area contributed by atoms with Gasteiger partial charge in [-0.2, -0.15) is 4.98 Å². The molecule has 0 saturated heterocycles. The lowest BCUT2D eigenvalue weighted by atomic mass is 10.1. The van der Waals surface area contributed by atoms with Crippen molar-refractivity contribution >= 4 is 11.6 Å². The SMILES string of the molecule is CCCCCOc1ccnc(Oc2ccccc2C(=NOC)C2=NOCCO2)n1. The Morgan fingerprint density at radius 1 is 1.17 bits per heavy atom. The molecule has 29 heavy (non-hydrogen) atoms. The van der Waals surface area contributed by atoms with E-state index in [1.54, 1.807) is 24.4 Å². The fraction of sp³-hybridized carbons (Fsp3) is 0.400. The van der Waals surface area contributed by atoms with Gasteiger partial charge >= 0.3 is 6.01 Å². The van der Waals surface area contributed by atoms with Crippen molar-refractivity contribution < 1.29 is 23.9 Å². The van der Waals surface area contributed by atoms with Gasteiger partial charge in [-0.05, 0) is 23.7 Å². The highest BCUT2D eigenvalue weighted by molar-refractivity contribution is 6.45. The van der Waals surface area contributed by atoms with Crippen LogP contribution in [0.2, 0.25) is 0 Å². The first kappa shape index (κ1) is 20.4. The van der Waals surface area contributed by atoms with E-state index < -0.39 is 0 Å². The fourth-order valence-corrected chi connectivity index (χ4v) is 2.55. The lowest BCUT2D eigenvalue weighted by molar-refractivity contribution is 0.0672. The molecule has 0 amide bonds. The van der Waals surface area contributed by atoms with Crippen LogP contribution in [0.25, 0.3) is 0 Å². The van der Waals surface area contributed by atoms with Crippen molar-refractivity contribution in [3.63, 3.8) is 0 Å². The van der Waals surface area contributed by atoms with E-state index in [4.69, 9.17) is 23.9 Å². The average Bonchev–Trinajstić information content (AvgIpc) is 2.77. The molecule has 1 aromatic carbocycles. The molecule has 0 aliphatic carbocycles. The second-order valence-electron chi connectivity index (χ2n) is 6.03. The number of oxime groups is 2. The Balaban J connectivity index is 1.80. The van der Waals surface area contributed by atoms with Gasteiger partial charge in [0.15, 0.2) is 12.3 Å². The normalized spacial score (nSPS) is 13.7. The van der Waals surface area contributed by atoms with E-state index in [0.29, 0.717) is 42.7 Å². The van der Waals surface area contributed by atoms with Gasteiger partial charge in [-0.25, -0.2) is 4.98 Å². The summed E-state index contributed by atoms with van der Waals surface area (Å²) in [5, 5.41) is 7.94. The van der Waals surface area contributed by atoms with Crippen LogP contribution in [0.1, 0.15) is 31.7 Å². The summed E-state index contributed by atoms with van der Waals surface area (Å²) < 4.78 is 17.1. The monoisotopic (exact) mass is 400 g/mol. The van der Waals surface area contributed by atoms with Gasteiger partial charge in [0.1, 0.15) is 19.5 Å². The summed E-state index contributed by atoms with van der Waals surface area (Å²) >= 11 is 0. The highest BCUT2D eigenvalue weighted by Gasteiger charge is 2.22. The first-order valence-corrected chi connectivity index (χ1v) is 9.49. The van der Waals surface area contributed by atoms with E-state index in [9.17, 15) is 0 Å². The predicted octanol–water partition coefficient (Wildman–Crippen LogP) is 3.55. The molecule has 0 bridgehead atoms. The summed E-state index contributed by atoms with van der Waals surface area (Å²) in [6.45, 7) is 3.49. The van der Waals surface area contributed by atoms with E-state index in [2.05, 4.69) is 27.2 Å². The van der Waals surface area contributed by atoms with Gasteiger partial charge in [0.2, 0.25) is 5.88 Å². The molecule has 9 heteroatoms. The molecule has 2 heterocycles. The van der Waals surface area contributed by atoms with Gasteiger partial charge in [-0.15, -0.1) is 0 Å². The summed E-state index contributed by atoms with van der Waals surface area (Å²) in [5.41, 5.74) is 0.936. The van der Waals surface area contributed by atoms with Crippen LogP contribution in [0.4, 0.5) is 0 Å². The summed E-state index contributed by atoms with van der Waals surface area (Å²) in [5.74, 6) is 1.13. The van der Waals surface area contributed by atoms with Crippen molar-refractivity contribution in [2.45, 2.75) is 26.2 Å². The number of para-hydroxylation sites is 1. The van der Waals surface area contributed by atoms with Gasteiger partial charge in [-0.3, -0.25) is 0 Å². The van der Waals surface area contributed by atoms with Crippen molar-refractivity contribution in [2.24, 2.45) is 10.3 Å². The van der Waals surface area contributed by atoms with E-state index in [1.807, 2.05) is 12.1 Å². The molecule has 0 fully saturated rings. The van der Waals surface area contributed by atoms with Gasteiger partial charge < -0.3 is 23.9 Å². The van der Waals surface area contributed by atoms with Crippen LogP contribution in [-0.4, -0.2) is 48.5 Å². The first-order valence-electron chi connectivity index (χ1n) is 9.49. The predicted molar refractivity (Wildman–Crippen MR) is 106 cm³/mol. The highest BCUT2D eigenvalue weighted by atomic mass is 16.7. The van der Waals surface area contributed by atoms with E-state index in [-0.39, 0.29) is 11.9 Å². The number of nitrogens with zero attached hydrogens (tertiary/aromatic N) is 4. The van der Waals surface area contributed by atoms with Crippen LogP contribution >= 0.6 is 0 Å². The Kier molecular flexibility index (Phi) is 7.62. The number of hydrogen-bond acceptors (Lipinski definition) is 9. The summed E-state index contributed by atoms with van der Waals surface area (Å²) in [4.78, 5) is 18.5. The number of rotatable bonds is 10. The number of unbranched alkanes of at least 4 members (excludes halogenated alkanes) is 2. The molecule has 0 saturated carbocycles. The number of aromatic nitrogens is 2. The lowest BCUT2D eigenvalue weighted by Crippen LogP contribution is -2.25. The Labute approximate surface area is 169 Å². The maximum absolute atomic E-state index is 5.91. The van der Waals surface area contributed by atoms with Gasteiger partial charge in [0, 0.05) is 12.3 Å². The Hall–Kier alpha value is -3.36. The van der Waals surface area contributed by atoms with Crippen molar-refractivity contribution in [3.05, 3.63) is 42.1 Å². The molecule has 154 valence electrons. The minimum Gasteiger partial charge on any atom is -0.478 e. The summed E-state index contributed by atoms with van der Waals surface area (Å²) in [6.07, 6.45) is 4.80. The van der Waals surface area contributed by atoms with Crippen LogP contribution in [0.15, 0.2) is 46.8 Å². The summed E-state index contributed by atoms with van der Waals surface area (Å²) in [6, 6.07) is 9.09. The maximum atomic E-state index is 5.91. The second kappa shape index (κ2) is 10.8. The third-order valence-corrected chi connectivity index (χ3v) is 3.90. The van der Waals surface area contributed by atoms with Gasteiger partial charge in [0.05, 0.1) is 12.2 Å². The number of ether oxygens (including phenoxy) is 3. The Bertz CT molecular complexity index is 856. The first-order chi connectivity index (χ1) is 14.3. The molecule has 2 aromatic rings. The zero-order chi connectivity index (χ0) is 20.3. The van der Waals surface area contributed by atoms with E-state index >= 15 is 0 Å². The maximum Gasteiger partial charge on any atom is 0.325 e. The van der Waals surface area contributed by atoms with Crippen LogP contribution in [-0.2, 0) is 14.4 Å². The molecule has 1 aliphatic heterocycles. The third-order valence-electron chi connectivity index (χ3n) is 3.90. The van der Waals surface area contributed by atoms with E-state index in [0.717, 1.165) is 19.3 Å². The van der Waals surface area contributed by atoms with Crippen LogP contribution in [0, 0.1) is 0 Å². The summed E-state index contributed by atoms with van der Waals surface area (Å²) in [7, 11) is 1.44. The van der Waals surface area contributed by atoms with E-state index in [1.165, 1.54) is 7.11 Å². The van der Waals surface area contributed by atoms with Crippen LogP contribution in [0.3, 0.4) is 0 Å². The largest absolute Gasteiger partial charge is 0.478 e. The molecule has 0 atom stereocenters. The second-order valence-corrected chi connectivity index (χ2v) is 6.03. The Morgan fingerprint density at radius 3 is 2.86 bits per heavy atom. The fourth-order valence-electron chi connectivity index (χ4n) is 2.55. The molecule has 1 aromatic heterocycles. The van der Waals surface area contributed by atoms with Gasteiger partial charge in [0.25, 0.3) is 5.90 Å². The lowest BCUT2D eigenvalue weighted by Gasteiger charge is -2.16. The molecule has 0 N–H and O–H groups in total. The number of hydrogen-bond donors (Lipinski definition) is 0. The van der Waals surface area contributed by atoms with Crippen molar-refractivity contribution in [1.29, 1.82) is 0 Å². The van der Waals surface area contributed by atoms with Crippen LogP contribution < -0.4 is 9.47 Å². The topological polar surface area (TPSA) is 96.7 Å². The molecule has 3 rings (SSSR count). The molecule has 0 spiro atoms. The zero-order valence-corrected chi connectivity index (χ0v) is 16.5. The van der Waals surface area contributed by atoms with Crippen LogP contribution in [0.5, 0.6) is 17.6 Å². The van der Waals surface area contributed by atoms with Crippen molar-refractivity contribution in [3.8, 4) is 17.6 Å². The molecular weight excluding hydrogens is 376 g/mol.